The first-order valence-corrected chi connectivity index (χ1v) is 6.48. The summed E-state index contributed by atoms with van der Waals surface area (Å²) in [6, 6.07) is 8.96. The number of pyridine rings is 2. The highest BCUT2D eigenvalue weighted by molar-refractivity contribution is 9.10. The highest BCUT2D eigenvalue weighted by Gasteiger charge is 2.35. The molecule has 3 rings (SSSR count). The van der Waals surface area contributed by atoms with Gasteiger partial charge in [-0.25, -0.2) is 4.98 Å². The van der Waals surface area contributed by atoms with Gasteiger partial charge in [0.25, 0.3) is 5.91 Å². The Labute approximate surface area is 118 Å². The van der Waals surface area contributed by atoms with E-state index in [4.69, 9.17) is 4.74 Å². The predicted molar refractivity (Wildman–Crippen MR) is 73.0 cm³/mol. The van der Waals surface area contributed by atoms with Gasteiger partial charge in [-0.15, -0.1) is 0 Å². The number of nitrogens with zero attached hydrogens (tertiary/aromatic N) is 3. The molecular weight excluding hydrogens is 310 g/mol. The van der Waals surface area contributed by atoms with Gasteiger partial charge in [-0.2, -0.15) is 0 Å². The minimum atomic E-state index is -0.721. The highest BCUT2D eigenvalue weighted by atomic mass is 79.9. The number of fused-ring (bicyclic) bond motifs is 1. The summed E-state index contributed by atoms with van der Waals surface area (Å²) < 4.78 is 6.38. The van der Waals surface area contributed by atoms with E-state index >= 15 is 0 Å². The number of hydrogen-bond donors (Lipinski definition) is 0. The number of amides is 1. The molecule has 6 heteroatoms. The van der Waals surface area contributed by atoms with Crippen molar-refractivity contribution in [3.8, 4) is 5.75 Å². The zero-order chi connectivity index (χ0) is 13.4. The largest absolute Gasteiger partial charge is 0.470 e. The number of ether oxygens (including phenoxy) is 1. The molecule has 1 aliphatic heterocycles. The maximum absolute atomic E-state index is 12.3. The molecule has 0 aromatic carbocycles. The van der Waals surface area contributed by atoms with Crippen molar-refractivity contribution in [3.63, 3.8) is 0 Å². The third-order valence-corrected chi connectivity index (χ3v) is 3.32. The average Bonchev–Trinajstić information content (AvgIpc) is 2.44. The van der Waals surface area contributed by atoms with E-state index in [0.717, 1.165) is 0 Å². The lowest BCUT2D eigenvalue weighted by atomic mass is 10.1. The fourth-order valence-corrected chi connectivity index (χ4v) is 2.22. The Morgan fingerprint density at radius 2 is 2.16 bits per heavy atom. The fraction of sp³-hybridized carbons (Fsp3) is 0.154. The number of aromatic nitrogens is 2. The molecule has 1 atom stereocenters. The van der Waals surface area contributed by atoms with E-state index in [9.17, 15) is 4.79 Å². The van der Waals surface area contributed by atoms with Crippen LogP contribution >= 0.6 is 15.9 Å². The number of halogens is 1. The van der Waals surface area contributed by atoms with Gasteiger partial charge in [0.2, 0.25) is 6.10 Å². The number of anilines is 1. The molecule has 1 amide bonds. The van der Waals surface area contributed by atoms with Gasteiger partial charge in [0.1, 0.15) is 4.60 Å². The van der Waals surface area contributed by atoms with Crippen LogP contribution in [0, 0.1) is 0 Å². The molecule has 5 nitrogen and oxygen atoms in total. The number of carbonyl (C=O) groups is 1. The zero-order valence-corrected chi connectivity index (χ0v) is 11.7. The summed E-state index contributed by atoms with van der Waals surface area (Å²) in [6.07, 6.45) is 0.920. The normalized spacial score (nSPS) is 17.9. The standard InChI is InChI=1S/C13H10BrN3O2/c1-17-12-9(5-6-10(14)16-12)19-11(13(17)18)8-4-2-3-7-15-8/h2-7,11H,1H3. The lowest BCUT2D eigenvalue weighted by Crippen LogP contribution is -2.39. The summed E-state index contributed by atoms with van der Waals surface area (Å²) in [5, 5.41) is 0. The fourth-order valence-electron chi connectivity index (χ4n) is 1.92. The average molecular weight is 320 g/mol. The molecule has 3 heterocycles. The van der Waals surface area contributed by atoms with E-state index in [0.29, 0.717) is 21.9 Å². The smallest absolute Gasteiger partial charge is 0.275 e. The minimum Gasteiger partial charge on any atom is -0.470 e. The SMILES string of the molecule is CN1C(=O)C(c2ccccn2)Oc2ccc(Br)nc21. The van der Waals surface area contributed by atoms with Gasteiger partial charge in [0.15, 0.2) is 11.6 Å². The van der Waals surface area contributed by atoms with Crippen LogP contribution in [0.3, 0.4) is 0 Å². The summed E-state index contributed by atoms with van der Waals surface area (Å²) in [5.74, 6) is 0.893. The molecule has 0 spiro atoms. The molecule has 0 bridgehead atoms. The van der Waals surface area contributed by atoms with E-state index < -0.39 is 6.10 Å². The Bertz CT molecular complexity index is 633. The van der Waals surface area contributed by atoms with Crippen LogP contribution < -0.4 is 9.64 Å². The van der Waals surface area contributed by atoms with Crippen molar-refractivity contribution >= 4 is 27.7 Å². The molecule has 0 fully saturated rings. The Hall–Kier alpha value is -1.95. The van der Waals surface area contributed by atoms with Gasteiger partial charge in [-0.05, 0) is 40.2 Å². The van der Waals surface area contributed by atoms with Crippen molar-refractivity contribution < 1.29 is 9.53 Å². The van der Waals surface area contributed by atoms with Crippen molar-refractivity contribution in [2.75, 3.05) is 11.9 Å². The molecule has 0 N–H and O–H groups in total. The molecule has 1 unspecified atom stereocenters. The number of carbonyl (C=O) groups excluding carboxylic acids is 1. The molecule has 0 saturated carbocycles. The van der Waals surface area contributed by atoms with Gasteiger partial charge in [-0.1, -0.05) is 6.07 Å². The van der Waals surface area contributed by atoms with Crippen LogP contribution in [0.5, 0.6) is 5.75 Å². The van der Waals surface area contributed by atoms with Crippen molar-refractivity contribution in [2.24, 2.45) is 0 Å². The summed E-state index contributed by atoms with van der Waals surface area (Å²) in [4.78, 5) is 22.2. The van der Waals surface area contributed by atoms with E-state index in [1.165, 1.54) is 4.90 Å². The molecular formula is C13H10BrN3O2. The molecule has 1 aliphatic rings. The number of rotatable bonds is 1. The minimum absolute atomic E-state index is 0.184. The molecule has 0 saturated heterocycles. The topological polar surface area (TPSA) is 55.3 Å². The van der Waals surface area contributed by atoms with Crippen molar-refractivity contribution in [2.45, 2.75) is 6.10 Å². The zero-order valence-electron chi connectivity index (χ0n) is 10.1. The number of likely N-dealkylation sites (N-methyl/N-ethyl adjacent to an activating group) is 1. The van der Waals surface area contributed by atoms with E-state index in [-0.39, 0.29) is 5.91 Å². The first-order chi connectivity index (χ1) is 9.16. The van der Waals surface area contributed by atoms with Crippen LogP contribution in [0.15, 0.2) is 41.1 Å². The highest BCUT2D eigenvalue weighted by Crippen LogP contribution is 2.36. The van der Waals surface area contributed by atoms with Crippen LogP contribution in [0.25, 0.3) is 0 Å². The van der Waals surface area contributed by atoms with Crippen LogP contribution in [0.2, 0.25) is 0 Å². The molecule has 0 radical (unpaired) electrons. The molecule has 2 aromatic heterocycles. The van der Waals surface area contributed by atoms with E-state index in [2.05, 4.69) is 25.9 Å². The molecule has 96 valence electrons. The second-order valence-electron chi connectivity index (χ2n) is 4.11. The third-order valence-electron chi connectivity index (χ3n) is 2.88. The van der Waals surface area contributed by atoms with Gasteiger partial charge >= 0.3 is 0 Å². The maximum Gasteiger partial charge on any atom is 0.275 e. The van der Waals surface area contributed by atoms with Crippen LogP contribution in [0.4, 0.5) is 5.82 Å². The van der Waals surface area contributed by atoms with Gasteiger partial charge in [0, 0.05) is 13.2 Å². The summed E-state index contributed by atoms with van der Waals surface area (Å²) >= 11 is 3.28. The first-order valence-electron chi connectivity index (χ1n) is 5.68. The Kier molecular flexibility index (Phi) is 2.94. The predicted octanol–water partition coefficient (Wildman–Crippen LogP) is 2.34. The molecule has 2 aromatic rings. The second-order valence-corrected chi connectivity index (χ2v) is 4.92. The first kappa shape index (κ1) is 12.1. The van der Waals surface area contributed by atoms with Gasteiger partial charge < -0.3 is 4.74 Å². The van der Waals surface area contributed by atoms with E-state index in [1.54, 1.807) is 37.5 Å². The van der Waals surface area contributed by atoms with Crippen LogP contribution in [-0.2, 0) is 4.79 Å². The quantitative estimate of drug-likeness (QED) is 0.757. The summed E-state index contributed by atoms with van der Waals surface area (Å²) in [7, 11) is 1.68. The monoisotopic (exact) mass is 319 g/mol. The second kappa shape index (κ2) is 4.62. The summed E-state index contributed by atoms with van der Waals surface area (Å²) in [5.41, 5.74) is 0.591. The van der Waals surface area contributed by atoms with Crippen LogP contribution in [-0.4, -0.2) is 22.9 Å². The lowest BCUT2D eigenvalue weighted by Gasteiger charge is -2.30. The maximum atomic E-state index is 12.3. The Morgan fingerprint density at radius 1 is 1.32 bits per heavy atom. The van der Waals surface area contributed by atoms with Gasteiger partial charge in [-0.3, -0.25) is 14.7 Å². The van der Waals surface area contributed by atoms with Crippen LogP contribution in [0.1, 0.15) is 11.8 Å². The molecule has 0 aliphatic carbocycles. The van der Waals surface area contributed by atoms with Gasteiger partial charge in [0.05, 0.1) is 5.69 Å². The van der Waals surface area contributed by atoms with E-state index in [1.807, 2.05) is 6.07 Å². The van der Waals surface area contributed by atoms with Crippen molar-refractivity contribution in [1.82, 2.24) is 9.97 Å². The summed E-state index contributed by atoms with van der Waals surface area (Å²) in [6.45, 7) is 0. The van der Waals surface area contributed by atoms with Crippen molar-refractivity contribution in [3.05, 3.63) is 46.8 Å². The Balaban J connectivity index is 2.04. The third kappa shape index (κ3) is 2.08. The lowest BCUT2D eigenvalue weighted by molar-refractivity contribution is -0.126. The Morgan fingerprint density at radius 3 is 2.89 bits per heavy atom. The number of hydrogen-bond acceptors (Lipinski definition) is 4. The molecule has 19 heavy (non-hydrogen) atoms. The van der Waals surface area contributed by atoms with Crippen molar-refractivity contribution in [1.29, 1.82) is 0 Å².